The van der Waals surface area contributed by atoms with E-state index in [1.165, 1.54) is 0 Å². The molecule has 0 aliphatic heterocycles. The summed E-state index contributed by atoms with van der Waals surface area (Å²) in [4.78, 5) is 11.0. The van der Waals surface area contributed by atoms with Gasteiger partial charge in [0.15, 0.2) is 0 Å². The summed E-state index contributed by atoms with van der Waals surface area (Å²) in [7, 11) is 0. The zero-order valence-corrected chi connectivity index (χ0v) is 10.3. The van der Waals surface area contributed by atoms with E-state index in [4.69, 9.17) is 34.8 Å². The van der Waals surface area contributed by atoms with Crippen molar-refractivity contribution in [2.45, 2.75) is 30.0 Å². The standard InChI is InChI=1S/C9H14Cl3NO/c1-2-3-4-5-6-7-13-8(14)9(10,11)12/h5-6H,2-4,7H2,1H3,(H,13,14)/b6-5+. The molecule has 0 radical (unpaired) electrons. The minimum Gasteiger partial charge on any atom is -0.349 e. The molecule has 0 unspecified atom stereocenters. The fourth-order valence-corrected chi connectivity index (χ4v) is 0.975. The van der Waals surface area contributed by atoms with Crippen molar-refractivity contribution >= 4 is 40.7 Å². The summed E-state index contributed by atoms with van der Waals surface area (Å²) in [6.07, 6.45) is 7.17. The number of hydrogen-bond acceptors (Lipinski definition) is 1. The molecule has 82 valence electrons. The molecular formula is C9H14Cl3NO. The molecule has 0 rings (SSSR count). The lowest BCUT2D eigenvalue weighted by Crippen LogP contribution is -2.34. The summed E-state index contributed by atoms with van der Waals surface area (Å²) in [6.45, 7) is 2.52. The Morgan fingerprint density at radius 3 is 2.50 bits per heavy atom. The highest BCUT2D eigenvalue weighted by molar-refractivity contribution is 6.76. The molecule has 0 aromatic rings. The van der Waals surface area contributed by atoms with Crippen LogP contribution in [0.15, 0.2) is 12.2 Å². The van der Waals surface area contributed by atoms with Crippen molar-refractivity contribution in [3.05, 3.63) is 12.2 Å². The molecule has 0 aromatic heterocycles. The predicted octanol–water partition coefficient (Wildman–Crippen LogP) is 3.22. The second-order valence-corrected chi connectivity index (χ2v) is 5.10. The van der Waals surface area contributed by atoms with Gasteiger partial charge in [-0.05, 0) is 6.42 Å². The van der Waals surface area contributed by atoms with Crippen LogP contribution in [0.5, 0.6) is 0 Å². The molecule has 0 aliphatic rings. The molecule has 0 spiro atoms. The zero-order chi connectivity index (χ0) is 11.0. The normalized spacial score (nSPS) is 12.0. The average Bonchev–Trinajstić information content (AvgIpc) is 2.09. The van der Waals surface area contributed by atoms with E-state index in [1.54, 1.807) is 0 Å². The summed E-state index contributed by atoms with van der Waals surface area (Å²) in [6, 6.07) is 0. The van der Waals surface area contributed by atoms with E-state index in [9.17, 15) is 4.79 Å². The maximum Gasteiger partial charge on any atom is 0.272 e. The van der Waals surface area contributed by atoms with Crippen molar-refractivity contribution in [1.82, 2.24) is 5.32 Å². The monoisotopic (exact) mass is 257 g/mol. The third-order valence-electron chi connectivity index (χ3n) is 1.53. The van der Waals surface area contributed by atoms with Crippen molar-refractivity contribution in [3.63, 3.8) is 0 Å². The Morgan fingerprint density at radius 2 is 2.00 bits per heavy atom. The number of carbonyl (C=O) groups excluding carboxylic acids is 1. The highest BCUT2D eigenvalue weighted by Gasteiger charge is 2.29. The van der Waals surface area contributed by atoms with Crippen LogP contribution in [0.25, 0.3) is 0 Å². The first-order valence-electron chi connectivity index (χ1n) is 4.48. The molecule has 0 aromatic carbocycles. The molecule has 2 nitrogen and oxygen atoms in total. The van der Waals surface area contributed by atoms with Crippen molar-refractivity contribution in [3.8, 4) is 0 Å². The quantitative estimate of drug-likeness (QED) is 0.458. The fourth-order valence-electron chi connectivity index (χ4n) is 0.775. The van der Waals surface area contributed by atoms with E-state index >= 15 is 0 Å². The van der Waals surface area contributed by atoms with Crippen LogP contribution >= 0.6 is 34.8 Å². The number of amides is 1. The Labute approximate surface area is 99.6 Å². The van der Waals surface area contributed by atoms with E-state index in [1.807, 2.05) is 12.2 Å². The molecule has 0 saturated carbocycles. The summed E-state index contributed by atoms with van der Waals surface area (Å²) in [5.74, 6) is -0.595. The zero-order valence-electron chi connectivity index (χ0n) is 8.03. The molecule has 1 N–H and O–H groups in total. The van der Waals surface area contributed by atoms with Crippen molar-refractivity contribution in [1.29, 1.82) is 0 Å². The van der Waals surface area contributed by atoms with Crippen molar-refractivity contribution in [2.24, 2.45) is 0 Å². The predicted molar refractivity (Wildman–Crippen MR) is 62.0 cm³/mol. The van der Waals surface area contributed by atoms with Crippen LogP contribution in [0.2, 0.25) is 0 Å². The maximum absolute atomic E-state index is 11.0. The van der Waals surface area contributed by atoms with Crippen LogP contribution in [0.4, 0.5) is 0 Å². The van der Waals surface area contributed by atoms with Crippen LogP contribution < -0.4 is 5.32 Å². The van der Waals surface area contributed by atoms with E-state index in [2.05, 4.69) is 12.2 Å². The summed E-state index contributed by atoms with van der Waals surface area (Å²) >= 11 is 16.0. The van der Waals surface area contributed by atoms with Gasteiger partial charge in [-0.15, -0.1) is 0 Å². The van der Waals surface area contributed by atoms with Crippen LogP contribution in [-0.2, 0) is 4.79 Å². The molecule has 0 bridgehead atoms. The highest BCUT2D eigenvalue weighted by Crippen LogP contribution is 2.25. The molecule has 0 aliphatic carbocycles. The first-order chi connectivity index (χ1) is 6.48. The molecule has 0 heterocycles. The van der Waals surface area contributed by atoms with Gasteiger partial charge >= 0.3 is 0 Å². The van der Waals surface area contributed by atoms with Gasteiger partial charge in [0.05, 0.1) is 0 Å². The van der Waals surface area contributed by atoms with Crippen LogP contribution in [0.3, 0.4) is 0 Å². The number of halogens is 3. The lowest BCUT2D eigenvalue weighted by atomic mass is 10.2. The van der Waals surface area contributed by atoms with Gasteiger partial charge in [-0.1, -0.05) is 66.7 Å². The van der Waals surface area contributed by atoms with Gasteiger partial charge in [0.2, 0.25) is 0 Å². The number of carbonyl (C=O) groups is 1. The second kappa shape index (κ2) is 7.38. The number of unbranched alkanes of at least 4 members (excludes halogenated alkanes) is 2. The minimum absolute atomic E-state index is 0.399. The molecule has 0 fully saturated rings. The van der Waals surface area contributed by atoms with E-state index in [0.717, 1.165) is 19.3 Å². The third kappa shape index (κ3) is 7.48. The van der Waals surface area contributed by atoms with E-state index < -0.39 is 9.70 Å². The SMILES string of the molecule is CCCC/C=C/CNC(=O)C(Cl)(Cl)Cl. The van der Waals surface area contributed by atoms with Gasteiger partial charge < -0.3 is 5.32 Å². The number of alkyl halides is 3. The topological polar surface area (TPSA) is 29.1 Å². The minimum atomic E-state index is -1.86. The number of nitrogens with one attached hydrogen (secondary N) is 1. The lowest BCUT2D eigenvalue weighted by Gasteiger charge is -2.09. The first kappa shape index (κ1) is 14.1. The molecule has 0 atom stereocenters. The van der Waals surface area contributed by atoms with Gasteiger partial charge in [0.1, 0.15) is 0 Å². The van der Waals surface area contributed by atoms with Gasteiger partial charge in [0.25, 0.3) is 9.70 Å². The molecule has 0 saturated heterocycles. The summed E-state index contributed by atoms with van der Waals surface area (Å²) in [5, 5.41) is 2.48. The van der Waals surface area contributed by atoms with Crippen LogP contribution in [0, 0.1) is 0 Å². The Hall–Kier alpha value is 0.0800. The Bertz CT molecular complexity index is 199. The lowest BCUT2D eigenvalue weighted by molar-refractivity contribution is -0.120. The second-order valence-electron chi connectivity index (χ2n) is 2.82. The Morgan fingerprint density at radius 1 is 1.36 bits per heavy atom. The third-order valence-corrected chi connectivity index (χ3v) is 2.04. The number of hydrogen-bond donors (Lipinski definition) is 1. The molecular weight excluding hydrogens is 244 g/mol. The largest absolute Gasteiger partial charge is 0.349 e. The number of rotatable bonds is 5. The first-order valence-corrected chi connectivity index (χ1v) is 5.62. The summed E-state index contributed by atoms with van der Waals surface area (Å²) in [5.41, 5.74) is 0. The number of allylic oxidation sites excluding steroid dienone is 1. The Kier molecular flexibility index (Phi) is 7.42. The summed E-state index contributed by atoms with van der Waals surface area (Å²) < 4.78 is -1.86. The smallest absolute Gasteiger partial charge is 0.272 e. The van der Waals surface area contributed by atoms with Gasteiger partial charge in [-0.3, -0.25) is 4.79 Å². The molecule has 14 heavy (non-hydrogen) atoms. The maximum atomic E-state index is 11.0. The van der Waals surface area contributed by atoms with Gasteiger partial charge in [-0.2, -0.15) is 0 Å². The van der Waals surface area contributed by atoms with Crippen molar-refractivity contribution < 1.29 is 4.79 Å². The van der Waals surface area contributed by atoms with Crippen LogP contribution in [-0.4, -0.2) is 16.2 Å². The highest BCUT2D eigenvalue weighted by atomic mass is 35.6. The fraction of sp³-hybridized carbons (Fsp3) is 0.667. The van der Waals surface area contributed by atoms with Crippen LogP contribution in [0.1, 0.15) is 26.2 Å². The average molecular weight is 259 g/mol. The Balaban J connectivity index is 3.54. The van der Waals surface area contributed by atoms with E-state index in [0.29, 0.717) is 6.54 Å². The van der Waals surface area contributed by atoms with Gasteiger partial charge in [-0.25, -0.2) is 0 Å². The van der Waals surface area contributed by atoms with Crippen molar-refractivity contribution in [2.75, 3.05) is 6.54 Å². The van der Waals surface area contributed by atoms with E-state index in [-0.39, 0.29) is 0 Å². The molecule has 5 heteroatoms. The van der Waals surface area contributed by atoms with Gasteiger partial charge in [0, 0.05) is 6.54 Å². The molecule has 1 amide bonds.